The Morgan fingerprint density at radius 2 is 1.70 bits per heavy atom. The molecule has 137 valence electrons. The molecule has 0 saturated heterocycles. The van der Waals surface area contributed by atoms with Gasteiger partial charge in [0, 0.05) is 43.7 Å². The summed E-state index contributed by atoms with van der Waals surface area (Å²) in [5.74, 6) is -0.638. The molecule has 0 aliphatic rings. The third-order valence-electron chi connectivity index (χ3n) is 3.96. The van der Waals surface area contributed by atoms with Crippen LogP contribution < -0.4 is 5.32 Å². The van der Waals surface area contributed by atoms with E-state index in [-0.39, 0.29) is 60.8 Å². The van der Waals surface area contributed by atoms with E-state index in [4.69, 9.17) is 5.73 Å². The van der Waals surface area contributed by atoms with Crippen LogP contribution in [0.3, 0.4) is 0 Å². The zero-order chi connectivity index (χ0) is 19.1. The second-order valence-electron chi connectivity index (χ2n) is 5.81. The summed E-state index contributed by atoms with van der Waals surface area (Å²) < 4.78 is 32.4. The van der Waals surface area contributed by atoms with Crippen LogP contribution >= 0.6 is 0 Å². The summed E-state index contributed by atoms with van der Waals surface area (Å²) >= 11 is 0. The molecule has 0 saturated carbocycles. The van der Waals surface area contributed by atoms with Crippen molar-refractivity contribution in [2.75, 3.05) is 5.32 Å². The number of carbonyl (C=O) groups excluding carboxylic acids is 1. The predicted octanol–water partition coefficient (Wildman–Crippen LogP) is 4.03. The molecular formula is C18H15N2O5SY-. The first-order chi connectivity index (χ1) is 12.2. The second-order valence-corrected chi connectivity index (χ2v) is 7.23. The van der Waals surface area contributed by atoms with E-state index in [2.05, 4.69) is 5.32 Å². The zero-order valence-electron chi connectivity index (χ0n) is 14.2. The molecule has 3 aromatic carbocycles. The minimum atomic E-state index is -4.50. The molecule has 4 N–H and O–H groups in total. The fraction of sp³-hybridized carbons (Fsp3) is 0.0556. The molecule has 0 atom stereocenters. The van der Waals surface area contributed by atoms with Crippen LogP contribution in [0.2, 0.25) is 0 Å². The number of aromatic hydroxyl groups is 1. The molecular weight excluding hydrogens is 445 g/mol. The Balaban J connectivity index is 0.00000261. The van der Waals surface area contributed by atoms with Crippen molar-refractivity contribution in [3.63, 3.8) is 0 Å². The average molecular weight is 460 g/mol. The fourth-order valence-corrected chi connectivity index (χ4v) is 3.13. The average Bonchev–Trinajstić information content (AvgIpc) is 2.57. The smallest absolute Gasteiger partial charge is 0.294 e. The summed E-state index contributed by atoms with van der Waals surface area (Å²) in [4.78, 5) is 12.1. The maximum Gasteiger partial charge on any atom is 0.294 e. The molecule has 3 aromatic rings. The number of benzene rings is 3. The third kappa shape index (κ3) is 4.47. The van der Waals surface area contributed by atoms with Crippen molar-refractivity contribution in [1.82, 2.24) is 0 Å². The van der Waals surface area contributed by atoms with E-state index in [1.807, 2.05) is 0 Å². The minimum absolute atomic E-state index is 0. The Hall–Kier alpha value is -2.00. The summed E-state index contributed by atoms with van der Waals surface area (Å²) in [6.45, 7) is 1.67. The molecule has 0 spiro atoms. The van der Waals surface area contributed by atoms with Crippen molar-refractivity contribution in [2.24, 2.45) is 0 Å². The maximum absolute atomic E-state index is 12.5. The quantitative estimate of drug-likeness (QED) is 0.509. The summed E-state index contributed by atoms with van der Waals surface area (Å²) in [7, 11) is -4.50. The van der Waals surface area contributed by atoms with Crippen LogP contribution in [0.25, 0.3) is 16.5 Å². The van der Waals surface area contributed by atoms with Crippen molar-refractivity contribution in [1.29, 1.82) is 0 Å². The molecule has 0 fully saturated rings. The number of phenols is 1. The van der Waals surface area contributed by atoms with E-state index in [0.717, 1.165) is 6.07 Å². The zero-order valence-corrected chi connectivity index (χ0v) is 17.9. The van der Waals surface area contributed by atoms with Crippen LogP contribution in [0.5, 0.6) is 5.75 Å². The third-order valence-corrected chi connectivity index (χ3v) is 4.79. The van der Waals surface area contributed by atoms with Gasteiger partial charge in [-0.1, -0.05) is 36.4 Å². The maximum atomic E-state index is 12.5. The Labute approximate surface area is 181 Å². The predicted molar refractivity (Wildman–Crippen MR) is 98.5 cm³/mol. The van der Waals surface area contributed by atoms with Crippen LogP contribution in [0, 0.1) is 6.92 Å². The first-order valence-corrected chi connectivity index (χ1v) is 8.97. The van der Waals surface area contributed by atoms with Crippen molar-refractivity contribution < 1.29 is 55.6 Å². The van der Waals surface area contributed by atoms with Gasteiger partial charge in [0.25, 0.3) is 16.0 Å². The Bertz CT molecular complexity index is 1130. The first-order valence-electron chi connectivity index (χ1n) is 7.53. The Morgan fingerprint density at radius 3 is 2.30 bits per heavy atom. The summed E-state index contributed by atoms with van der Waals surface area (Å²) in [6.07, 6.45) is 0. The normalized spacial score (nSPS) is 11.0. The van der Waals surface area contributed by atoms with Gasteiger partial charge in [0.2, 0.25) is 0 Å². The van der Waals surface area contributed by atoms with Crippen LogP contribution in [-0.4, -0.2) is 24.0 Å². The van der Waals surface area contributed by atoms with E-state index >= 15 is 0 Å². The Kier molecular flexibility index (Phi) is 6.26. The number of anilines is 1. The Morgan fingerprint density at radius 1 is 1.07 bits per heavy atom. The molecule has 1 amide bonds. The number of fused-ring (bicyclic) bond motifs is 1. The SMILES string of the molecule is Cc1ccc2cc(S(=O)(=O)O)cc(NC(=O)c3ccc([NH-])cc3)c2c1O.[Y]. The van der Waals surface area contributed by atoms with Gasteiger partial charge in [0.05, 0.1) is 10.6 Å². The van der Waals surface area contributed by atoms with Gasteiger partial charge in [0.15, 0.2) is 0 Å². The van der Waals surface area contributed by atoms with Crippen LogP contribution in [0.15, 0.2) is 53.4 Å². The largest absolute Gasteiger partial charge is 0.699 e. The van der Waals surface area contributed by atoms with Crippen LogP contribution in [-0.2, 0) is 42.8 Å². The van der Waals surface area contributed by atoms with Gasteiger partial charge in [-0.05, 0) is 30.0 Å². The summed E-state index contributed by atoms with van der Waals surface area (Å²) in [5.41, 5.74) is 8.56. The van der Waals surface area contributed by atoms with E-state index in [1.165, 1.54) is 30.3 Å². The number of aryl methyl sites for hydroxylation is 1. The van der Waals surface area contributed by atoms with Gasteiger partial charge in [-0.2, -0.15) is 8.42 Å². The van der Waals surface area contributed by atoms with Gasteiger partial charge in [-0.3, -0.25) is 9.35 Å². The van der Waals surface area contributed by atoms with Crippen molar-refractivity contribution in [3.8, 4) is 5.75 Å². The minimum Gasteiger partial charge on any atom is -0.699 e. The van der Waals surface area contributed by atoms with E-state index in [9.17, 15) is 22.9 Å². The van der Waals surface area contributed by atoms with Crippen LogP contribution in [0.1, 0.15) is 15.9 Å². The van der Waals surface area contributed by atoms with Gasteiger partial charge in [-0.15, -0.1) is 5.69 Å². The number of hydrogen-bond acceptors (Lipinski definition) is 4. The van der Waals surface area contributed by atoms with E-state index in [1.54, 1.807) is 19.1 Å². The number of nitrogens with one attached hydrogen (secondary N) is 2. The molecule has 7 nitrogen and oxygen atoms in total. The topological polar surface area (TPSA) is 128 Å². The van der Waals surface area contributed by atoms with E-state index < -0.39 is 20.9 Å². The summed E-state index contributed by atoms with van der Waals surface area (Å²) in [6, 6.07) is 11.3. The van der Waals surface area contributed by atoms with Gasteiger partial charge in [0.1, 0.15) is 5.75 Å². The number of hydrogen-bond donors (Lipinski definition) is 3. The van der Waals surface area contributed by atoms with E-state index in [0.29, 0.717) is 10.9 Å². The van der Waals surface area contributed by atoms with Crippen molar-refractivity contribution in [3.05, 3.63) is 65.4 Å². The molecule has 3 rings (SSSR count). The molecule has 9 heteroatoms. The standard InChI is InChI=1S/C18H16N2O5S.Y/c1-10-2-3-12-8-14(26(23,24)25)9-15(16(12)17(10)21)20-18(22)11-4-6-13(19)7-5-11;/h2-9H,1H3,(H5,19,20,21,22,23,24,25);/p-1. The molecule has 0 aromatic heterocycles. The monoisotopic (exact) mass is 460 g/mol. The summed E-state index contributed by atoms with van der Waals surface area (Å²) in [5, 5.41) is 13.5. The molecule has 1 radical (unpaired) electrons. The molecule has 0 aliphatic carbocycles. The van der Waals surface area contributed by atoms with Crippen molar-refractivity contribution in [2.45, 2.75) is 11.8 Å². The van der Waals surface area contributed by atoms with Crippen LogP contribution in [0.4, 0.5) is 11.4 Å². The fourth-order valence-electron chi connectivity index (χ4n) is 2.59. The van der Waals surface area contributed by atoms with Gasteiger partial charge < -0.3 is 16.2 Å². The number of rotatable bonds is 3. The van der Waals surface area contributed by atoms with Crippen molar-refractivity contribution >= 4 is 38.2 Å². The number of phenolic OH excluding ortho intramolecular Hbond substituents is 1. The molecule has 0 unspecified atom stereocenters. The molecule has 0 heterocycles. The number of carbonyl (C=O) groups is 1. The molecule has 0 bridgehead atoms. The number of amides is 1. The first kappa shape index (κ1) is 21.3. The van der Waals surface area contributed by atoms with Gasteiger partial charge >= 0.3 is 0 Å². The molecule has 27 heavy (non-hydrogen) atoms. The molecule has 0 aliphatic heterocycles. The van der Waals surface area contributed by atoms with Gasteiger partial charge in [-0.25, -0.2) is 0 Å². The second kappa shape index (κ2) is 7.94.